The van der Waals surface area contributed by atoms with E-state index in [0.717, 1.165) is 0 Å². The van der Waals surface area contributed by atoms with E-state index in [1.54, 1.807) is 24.3 Å². The Balaban J connectivity index is 2.69. The van der Waals surface area contributed by atoms with Crippen LogP contribution in [0.25, 0.3) is 0 Å². The van der Waals surface area contributed by atoms with Gasteiger partial charge in [-0.1, -0.05) is 11.6 Å². The summed E-state index contributed by atoms with van der Waals surface area (Å²) in [6.07, 6.45) is 0. The normalized spacial score (nSPS) is 9.30. The van der Waals surface area contributed by atoms with E-state index in [0.29, 0.717) is 5.75 Å². The third-order valence-electron chi connectivity index (χ3n) is 1.06. The summed E-state index contributed by atoms with van der Waals surface area (Å²) in [5.74, 6) is 0.884. The average molecular weight is 159 g/mol. The summed E-state index contributed by atoms with van der Waals surface area (Å²) in [5, 5.41) is 8.84. The van der Waals surface area contributed by atoms with E-state index in [2.05, 4.69) is 0 Å². The minimum atomic E-state index is 0.130. The fourth-order valence-electron chi connectivity index (χ4n) is 0.605. The third kappa shape index (κ3) is 1.81. The standard InChI is InChI=1S/C7H7ClO2/c8-5-10-7-3-1-6(9)2-4-7/h1-4,9H,5H2. The Kier molecular flexibility index (Phi) is 2.40. The van der Waals surface area contributed by atoms with Crippen LogP contribution < -0.4 is 4.74 Å². The summed E-state index contributed by atoms with van der Waals surface area (Å²) in [6, 6.07) is 6.52. The Bertz CT molecular complexity index is 195. The number of phenols is 1. The Morgan fingerprint density at radius 3 is 2.40 bits per heavy atom. The van der Waals surface area contributed by atoms with Gasteiger partial charge in [0.05, 0.1) is 0 Å². The molecule has 0 heterocycles. The lowest BCUT2D eigenvalue weighted by Gasteiger charge is -1.99. The van der Waals surface area contributed by atoms with Crippen molar-refractivity contribution in [1.29, 1.82) is 0 Å². The maximum absolute atomic E-state index is 8.84. The zero-order valence-electron chi connectivity index (χ0n) is 5.25. The highest BCUT2D eigenvalue weighted by molar-refractivity contribution is 6.17. The van der Waals surface area contributed by atoms with E-state index in [1.807, 2.05) is 0 Å². The first-order valence-corrected chi connectivity index (χ1v) is 3.34. The van der Waals surface area contributed by atoms with Gasteiger partial charge in [-0.3, -0.25) is 0 Å². The molecular formula is C7H7ClO2. The molecule has 0 aliphatic rings. The first-order valence-electron chi connectivity index (χ1n) is 2.81. The molecule has 0 amide bonds. The average Bonchev–Trinajstić information content (AvgIpc) is 1.95. The first-order chi connectivity index (χ1) is 4.83. The summed E-state index contributed by atoms with van der Waals surface area (Å²) in [6.45, 7) is 0. The molecule has 0 unspecified atom stereocenters. The third-order valence-corrected chi connectivity index (χ3v) is 1.17. The topological polar surface area (TPSA) is 29.5 Å². The van der Waals surface area contributed by atoms with Crippen molar-refractivity contribution in [1.82, 2.24) is 0 Å². The van der Waals surface area contributed by atoms with Crippen molar-refractivity contribution in [3.63, 3.8) is 0 Å². The van der Waals surface area contributed by atoms with Crippen LogP contribution in [0, 0.1) is 0 Å². The maximum atomic E-state index is 8.84. The Morgan fingerprint density at radius 1 is 1.30 bits per heavy atom. The predicted molar refractivity (Wildman–Crippen MR) is 39.5 cm³/mol. The van der Waals surface area contributed by atoms with Crippen molar-refractivity contribution in [3.8, 4) is 11.5 Å². The van der Waals surface area contributed by atoms with Gasteiger partial charge in [-0.05, 0) is 24.3 Å². The van der Waals surface area contributed by atoms with E-state index in [1.165, 1.54) is 0 Å². The first kappa shape index (κ1) is 7.22. The van der Waals surface area contributed by atoms with E-state index >= 15 is 0 Å². The number of alkyl halides is 1. The highest BCUT2D eigenvalue weighted by Crippen LogP contribution is 2.15. The van der Waals surface area contributed by atoms with Gasteiger partial charge in [-0.2, -0.15) is 0 Å². The second-order valence-electron chi connectivity index (χ2n) is 1.75. The fraction of sp³-hybridized carbons (Fsp3) is 0.143. The van der Waals surface area contributed by atoms with Crippen molar-refractivity contribution in [2.45, 2.75) is 0 Å². The van der Waals surface area contributed by atoms with Gasteiger partial charge in [-0.15, -0.1) is 0 Å². The van der Waals surface area contributed by atoms with Crippen LogP contribution in [0.4, 0.5) is 0 Å². The monoisotopic (exact) mass is 158 g/mol. The van der Waals surface area contributed by atoms with Crippen LogP contribution in [0.5, 0.6) is 11.5 Å². The molecular weight excluding hydrogens is 152 g/mol. The molecule has 2 nitrogen and oxygen atoms in total. The molecule has 0 atom stereocenters. The van der Waals surface area contributed by atoms with Gasteiger partial charge < -0.3 is 9.84 Å². The Labute approximate surface area is 64.0 Å². The van der Waals surface area contributed by atoms with Crippen LogP contribution in [0.2, 0.25) is 0 Å². The van der Waals surface area contributed by atoms with Gasteiger partial charge in [0.1, 0.15) is 11.5 Å². The highest BCUT2D eigenvalue weighted by atomic mass is 35.5. The van der Waals surface area contributed by atoms with Crippen LogP contribution in [0.15, 0.2) is 24.3 Å². The van der Waals surface area contributed by atoms with Crippen LogP contribution in [0.1, 0.15) is 0 Å². The molecule has 54 valence electrons. The number of halogens is 1. The lowest BCUT2D eigenvalue weighted by molar-refractivity contribution is 0.386. The minimum absolute atomic E-state index is 0.130. The smallest absolute Gasteiger partial charge is 0.162 e. The van der Waals surface area contributed by atoms with E-state index < -0.39 is 0 Å². The summed E-state index contributed by atoms with van der Waals surface area (Å²) in [4.78, 5) is 0. The quantitative estimate of drug-likeness (QED) is 0.667. The largest absolute Gasteiger partial charge is 0.508 e. The van der Waals surface area contributed by atoms with E-state index in [4.69, 9.17) is 21.4 Å². The SMILES string of the molecule is Oc1ccc(OCCl)cc1. The molecule has 1 rings (SSSR count). The Hall–Kier alpha value is -0.890. The number of hydrogen-bond donors (Lipinski definition) is 1. The lowest BCUT2D eigenvalue weighted by Crippen LogP contribution is -1.86. The minimum Gasteiger partial charge on any atom is -0.508 e. The molecule has 3 heteroatoms. The second-order valence-corrected chi connectivity index (χ2v) is 1.97. The van der Waals surface area contributed by atoms with Gasteiger partial charge in [-0.25, -0.2) is 0 Å². The summed E-state index contributed by atoms with van der Waals surface area (Å²) in [5.41, 5.74) is 0. The van der Waals surface area contributed by atoms with Crippen molar-refractivity contribution in [2.24, 2.45) is 0 Å². The van der Waals surface area contributed by atoms with Crippen molar-refractivity contribution in [2.75, 3.05) is 6.07 Å². The van der Waals surface area contributed by atoms with Gasteiger partial charge in [0.2, 0.25) is 0 Å². The van der Waals surface area contributed by atoms with Gasteiger partial charge in [0, 0.05) is 0 Å². The van der Waals surface area contributed by atoms with Crippen molar-refractivity contribution in [3.05, 3.63) is 24.3 Å². The van der Waals surface area contributed by atoms with Crippen molar-refractivity contribution >= 4 is 11.6 Å². The molecule has 0 saturated carbocycles. The van der Waals surface area contributed by atoms with Crippen LogP contribution in [-0.4, -0.2) is 11.2 Å². The molecule has 1 N–H and O–H groups in total. The summed E-state index contributed by atoms with van der Waals surface area (Å²) in [7, 11) is 0. The fourth-order valence-corrected chi connectivity index (χ4v) is 0.731. The number of aromatic hydroxyl groups is 1. The van der Waals surface area contributed by atoms with E-state index in [9.17, 15) is 0 Å². The zero-order chi connectivity index (χ0) is 7.40. The Morgan fingerprint density at radius 2 is 1.90 bits per heavy atom. The molecule has 0 aliphatic carbocycles. The summed E-state index contributed by atoms with van der Waals surface area (Å²) < 4.78 is 4.92. The maximum Gasteiger partial charge on any atom is 0.162 e. The lowest BCUT2D eigenvalue weighted by atomic mass is 10.3. The second kappa shape index (κ2) is 3.32. The van der Waals surface area contributed by atoms with Crippen LogP contribution in [-0.2, 0) is 0 Å². The molecule has 0 bridgehead atoms. The number of benzene rings is 1. The van der Waals surface area contributed by atoms with Gasteiger partial charge in [0.15, 0.2) is 6.07 Å². The van der Waals surface area contributed by atoms with Crippen LogP contribution >= 0.6 is 11.6 Å². The molecule has 10 heavy (non-hydrogen) atoms. The number of phenolic OH excluding ortho intramolecular Hbond substituents is 1. The van der Waals surface area contributed by atoms with Crippen LogP contribution in [0.3, 0.4) is 0 Å². The van der Waals surface area contributed by atoms with Gasteiger partial charge >= 0.3 is 0 Å². The van der Waals surface area contributed by atoms with Crippen molar-refractivity contribution < 1.29 is 9.84 Å². The summed E-state index contributed by atoms with van der Waals surface area (Å²) >= 11 is 5.29. The van der Waals surface area contributed by atoms with E-state index in [-0.39, 0.29) is 11.8 Å². The number of rotatable bonds is 2. The highest BCUT2D eigenvalue weighted by Gasteiger charge is 1.90. The molecule has 0 radical (unpaired) electrons. The molecule has 0 aromatic heterocycles. The molecule has 1 aromatic carbocycles. The molecule has 0 aliphatic heterocycles. The molecule has 0 spiro atoms. The molecule has 1 aromatic rings. The number of ether oxygens (including phenoxy) is 1. The predicted octanol–water partition coefficient (Wildman–Crippen LogP) is 1.97. The molecule has 0 saturated heterocycles. The number of hydrogen-bond acceptors (Lipinski definition) is 2. The zero-order valence-corrected chi connectivity index (χ0v) is 6.01. The van der Waals surface area contributed by atoms with Gasteiger partial charge in [0.25, 0.3) is 0 Å². The molecule has 0 fully saturated rings.